The standard InChI is InChI=1S/C15H23ClN4O/c16-13-9-19-20(10-12-2-1-3-12)15(21)14(13)18-7-5-11-4-6-17-8-11/h9,11-12,17-18H,1-8,10H2. The molecular formula is C15H23ClN4O. The van der Waals surface area contributed by atoms with Gasteiger partial charge in [0.15, 0.2) is 0 Å². The van der Waals surface area contributed by atoms with Crippen molar-refractivity contribution in [3.05, 3.63) is 21.6 Å². The summed E-state index contributed by atoms with van der Waals surface area (Å²) in [7, 11) is 0. The van der Waals surface area contributed by atoms with Crippen LogP contribution in [0.5, 0.6) is 0 Å². The van der Waals surface area contributed by atoms with Crippen LogP contribution in [-0.2, 0) is 6.54 Å². The summed E-state index contributed by atoms with van der Waals surface area (Å²) >= 11 is 6.13. The molecule has 6 heteroatoms. The van der Waals surface area contributed by atoms with Crippen LogP contribution in [0.4, 0.5) is 5.69 Å². The first kappa shape index (κ1) is 14.9. The molecule has 1 aliphatic carbocycles. The van der Waals surface area contributed by atoms with Gasteiger partial charge in [-0.3, -0.25) is 4.79 Å². The lowest BCUT2D eigenvalue weighted by atomic mass is 9.85. The molecule has 2 heterocycles. The Morgan fingerprint density at radius 3 is 2.90 bits per heavy atom. The highest BCUT2D eigenvalue weighted by Gasteiger charge is 2.20. The van der Waals surface area contributed by atoms with Crippen molar-refractivity contribution in [2.24, 2.45) is 11.8 Å². The van der Waals surface area contributed by atoms with Gasteiger partial charge in [0, 0.05) is 13.1 Å². The molecule has 1 aromatic rings. The summed E-state index contributed by atoms with van der Waals surface area (Å²) in [5, 5.41) is 11.2. The Kier molecular flexibility index (Phi) is 4.80. The molecule has 0 aromatic carbocycles. The van der Waals surface area contributed by atoms with Crippen LogP contribution in [0.15, 0.2) is 11.0 Å². The zero-order valence-corrected chi connectivity index (χ0v) is 13.0. The number of nitrogens with zero attached hydrogens (tertiary/aromatic N) is 2. The molecule has 1 saturated carbocycles. The normalized spacial score (nSPS) is 22.2. The third-order valence-electron chi connectivity index (χ3n) is 4.67. The van der Waals surface area contributed by atoms with E-state index in [1.54, 1.807) is 10.9 Å². The topological polar surface area (TPSA) is 59.0 Å². The van der Waals surface area contributed by atoms with Crippen molar-refractivity contribution in [2.45, 2.75) is 38.6 Å². The molecule has 116 valence electrons. The van der Waals surface area contributed by atoms with Crippen molar-refractivity contribution in [1.82, 2.24) is 15.1 Å². The summed E-state index contributed by atoms with van der Waals surface area (Å²) < 4.78 is 1.56. The molecule has 1 aromatic heterocycles. The van der Waals surface area contributed by atoms with E-state index < -0.39 is 0 Å². The fourth-order valence-electron chi connectivity index (χ4n) is 3.04. The van der Waals surface area contributed by atoms with E-state index in [0.29, 0.717) is 22.5 Å². The number of hydrogen-bond acceptors (Lipinski definition) is 4. The molecule has 1 atom stereocenters. The van der Waals surface area contributed by atoms with E-state index in [4.69, 9.17) is 11.6 Å². The summed E-state index contributed by atoms with van der Waals surface area (Å²) in [5.41, 5.74) is 0.427. The number of nitrogens with one attached hydrogen (secondary N) is 2. The summed E-state index contributed by atoms with van der Waals surface area (Å²) in [6.07, 6.45) is 7.54. The molecule has 2 fully saturated rings. The first-order valence-corrected chi connectivity index (χ1v) is 8.32. The average molecular weight is 311 g/mol. The second-order valence-electron chi connectivity index (χ2n) is 6.23. The molecule has 0 amide bonds. The smallest absolute Gasteiger partial charge is 0.291 e. The summed E-state index contributed by atoms with van der Waals surface area (Å²) in [5.74, 6) is 1.31. The van der Waals surface area contributed by atoms with E-state index in [0.717, 1.165) is 32.6 Å². The Morgan fingerprint density at radius 2 is 2.24 bits per heavy atom. The molecular weight excluding hydrogens is 288 g/mol. The van der Waals surface area contributed by atoms with Crippen LogP contribution >= 0.6 is 11.6 Å². The van der Waals surface area contributed by atoms with Gasteiger partial charge in [-0.05, 0) is 50.6 Å². The number of rotatable bonds is 6. The number of aromatic nitrogens is 2. The van der Waals surface area contributed by atoms with Gasteiger partial charge in [-0.25, -0.2) is 4.68 Å². The first-order valence-electron chi connectivity index (χ1n) is 7.94. The highest BCUT2D eigenvalue weighted by molar-refractivity contribution is 6.32. The van der Waals surface area contributed by atoms with Crippen LogP contribution in [0.2, 0.25) is 5.02 Å². The van der Waals surface area contributed by atoms with Gasteiger partial charge in [-0.15, -0.1) is 0 Å². The Balaban J connectivity index is 1.62. The largest absolute Gasteiger partial charge is 0.379 e. The zero-order chi connectivity index (χ0) is 14.7. The second-order valence-corrected chi connectivity index (χ2v) is 6.63. The summed E-state index contributed by atoms with van der Waals surface area (Å²) in [6, 6.07) is 0. The van der Waals surface area contributed by atoms with E-state index >= 15 is 0 Å². The van der Waals surface area contributed by atoms with Gasteiger partial charge < -0.3 is 10.6 Å². The van der Waals surface area contributed by atoms with Gasteiger partial charge in [-0.2, -0.15) is 5.10 Å². The summed E-state index contributed by atoms with van der Waals surface area (Å²) in [6.45, 7) is 3.69. The molecule has 2 N–H and O–H groups in total. The van der Waals surface area contributed by atoms with Gasteiger partial charge in [-0.1, -0.05) is 18.0 Å². The van der Waals surface area contributed by atoms with Crippen molar-refractivity contribution in [3.8, 4) is 0 Å². The molecule has 0 bridgehead atoms. The molecule has 1 saturated heterocycles. The van der Waals surface area contributed by atoms with Gasteiger partial charge in [0.05, 0.1) is 11.2 Å². The maximum Gasteiger partial charge on any atom is 0.291 e. The molecule has 21 heavy (non-hydrogen) atoms. The van der Waals surface area contributed by atoms with E-state index in [2.05, 4.69) is 15.7 Å². The van der Waals surface area contributed by atoms with Crippen molar-refractivity contribution >= 4 is 17.3 Å². The van der Waals surface area contributed by atoms with Gasteiger partial charge in [0.1, 0.15) is 5.69 Å². The van der Waals surface area contributed by atoms with Crippen molar-refractivity contribution in [2.75, 3.05) is 25.0 Å². The van der Waals surface area contributed by atoms with Crippen LogP contribution in [0, 0.1) is 11.8 Å². The van der Waals surface area contributed by atoms with Crippen LogP contribution < -0.4 is 16.2 Å². The van der Waals surface area contributed by atoms with Crippen molar-refractivity contribution < 1.29 is 0 Å². The molecule has 0 radical (unpaired) electrons. The van der Waals surface area contributed by atoms with Crippen molar-refractivity contribution in [3.63, 3.8) is 0 Å². The number of anilines is 1. The average Bonchev–Trinajstić information content (AvgIpc) is 2.93. The lowest BCUT2D eigenvalue weighted by Crippen LogP contribution is -2.31. The van der Waals surface area contributed by atoms with E-state index in [1.165, 1.54) is 25.7 Å². The SMILES string of the molecule is O=c1c(NCCC2CCNC2)c(Cl)cnn1CC1CCC1. The van der Waals surface area contributed by atoms with E-state index in [9.17, 15) is 4.79 Å². The lowest BCUT2D eigenvalue weighted by Gasteiger charge is -2.25. The van der Waals surface area contributed by atoms with Gasteiger partial charge in [0.25, 0.3) is 5.56 Å². The highest BCUT2D eigenvalue weighted by Crippen LogP contribution is 2.27. The first-order chi connectivity index (χ1) is 10.2. The van der Waals surface area contributed by atoms with Crippen LogP contribution in [0.25, 0.3) is 0 Å². The Labute approximate surface area is 130 Å². The van der Waals surface area contributed by atoms with Gasteiger partial charge >= 0.3 is 0 Å². The maximum atomic E-state index is 12.4. The van der Waals surface area contributed by atoms with Crippen molar-refractivity contribution in [1.29, 1.82) is 0 Å². The quantitative estimate of drug-likeness (QED) is 0.845. The number of hydrogen-bond donors (Lipinski definition) is 2. The monoisotopic (exact) mass is 310 g/mol. The van der Waals surface area contributed by atoms with E-state index in [-0.39, 0.29) is 5.56 Å². The van der Waals surface area contributed by atoms with E-state index in [1.807, 2.05) is 0 Å². The fraction of sp³-hybridized carbons (Fsp3) is 0.733. The number of halogens is 1. The lowest BCUT2D eigenvalue weighted by molar-refractivity contribution is 0.262. The molecule has 5 nitrogen and oxygen atoms in total. The third-order valence-corrected chi connectivity index (χ3v) is 4.96. The zero-order valence-electron chi connectivity index (χ0n) is 12.3. The van der Waals surface area contributed by atoms with Crippen LogP contribution in [0.1, 0.15) is 32.1 Å². The Bertz CT molecular complexity index is 535. The third kappa shape index (κ3) is 3.58. The predicted octanol–water partition coefficient (Wildman–Crippen LogP) is 2.11. The predicted molar refractivity (Wildman–Crippen MR) is 84.9 cm³/mol. The molecule has 2 aliphatic rings. The Morgan fingerprint density at radius 1 is 1.38 bits per heavy atom. The second kappa shape index (κ2) is 6.79. The summed E-state index contributed by atoms with van der Waals surface area (Å²) in [4.78, 5) is 12.4. The Hall–Kier alpha value is -1.07. The highest BCUT2D eigenvalue weighted by atomic mass is 35.5. The minimum Gasteiger partial charge on any atom is -0.379 e. The molecule has 1 unspecified atom stereocenters. The molecule has 3 rings (SSSR count). The molecule has 0 spiro atoms. The van der Waals surface area contributed by atoms with Gasteiger partial charge in [0.2, 0.25) is 0 Å². The minimum atomic E-state index is -0.0843. The molecule has 1 aliphatic heterocycles. The van der Waals surface area contributed by atoms with Crippen LogP contribution in [0.3, 0.4) is 0 Å². The maximum absolute atomic E-state index is 12.4. The fourth-order valence-corrected chi connectivity index (χ4v) is 3.23. The minimum absolute atomic E-state index is 0.0843. The van der Waals surface area contributed by atoms with Crippen LogP contribution in [-0.4, -0.2) is 29.4 Å².